The highest BCUT2D eigenvalue weighted by atomic mass is 79.9. The molecule has 0 radical (unpaired) electrons. The molecule has 3 rings (SSSR count). The van der Waals surface area contributed by atoms with E-state index in [1.807, 2.05) is 42.8 Å². The van der Waals surface area contributed by atoms with Gasteiger partial charge < -0.3 is 10.6 Å². The number of nitrogens with one attached hydrogen (secondary N) is 2. The lowest BCUT2D eigenvalue weighted by Gasteiger charge is -2.08. The zero-order valence-electron chi connectivity index (χ0n) is 10.1. The van der Waals surface area contributed by atoms with E-state index in [0.717, 1.165) is 26.2 Å². The molecule has 2 heterocycles. The summed E-state index contributed by atoms with van der Waals surface area (Å²) >= 11 is 5.03. The Morgan fingerprint density at radius 1 is 1.11 bits per heavy atom. The lowest BCUT2D eigenvalue weighted by molar-refractivity contribution is 1.20. The van der Waals surface area contributed by atoms with Gasteiger partial charge in [0.25, 0.3) is 0 Å². The number of nitrogens with zero attached hydrogens (tertiary/aromatic N) is 2. The van der Waals surface area contributed by atoms with Gasteiger partial charge in [-0.15, -0.1) is 11.3 Å². The van der Waals surface area contributed by atoms with Gasteiger partial charge in [-0.2, -0.15) is 4.98 Å². The number of anilines is 3. The molecule has 0 aliphatic rings. The third-order valence-corrected chi connectivity index (χ3v) is 3.99. The molecular weight excluding hydrogens is 324 g/mol. The van der Waals surface area contributed by atoms with E-state index < -0.39 is 0 Å². The molecule has 2 N–H and O–H groups in total. The second-order valence-corrected chi connectivity index (χ2v) is 5.73. The molecule has 96 valence electrons. The normalized spacial score (nSPS) is 10.6. The molecule has 0 saturated heterocycles. The first kappa shape index (κ1) is 12.4. The van der Waals surface area contributed by atoms with Crippen molar-refractivity contribution in [2.45, 2.75) is 0 Å². The minimum Gasteiger partial charge on any atom is -0.357 e. The van der Waals surface area contributed by atoms with Crippen LogP contribution in [0.4, 0.5) is 17.5 Å². The fourth-order valence-electron chi connectivity index (χ4n) is 1.73. The summed E-state index contributed by atoms with van der Waals surface area (Å²) in [6.45, 7) is 0. The summed E-state index contributed by atoms with van der Waals surface area (Å²) in [7, 11) is 1.82. The van der Waals surface area contributed by atoms with Gasteiger partial charge in [-0.25, -0.2) is 4.98 Å². The Balaban J connectivity index is 2.03. The first-order valence-corrected chi connectivity index (χ1v) is 7.39. The number of thiophene rings is 1. The fourth-order valence-corrected chi connectivity index (χ4v) is 2.76. The van der Waals surface area contributed by atoms with Crippen LogP contribution < -0.4 is 10.6 Å². The molecule has 0 saturated carbocycles. The molecule has 3 aromatic rings. The molecule has 0 unspecified atom stereocenters. The third kappa shape index (κ3) is 2.54. The summed E-state index contributed by atoms with van der Waals surface area (Å²) in [5.74, 6) is 1.44. The standard InChI is InChI=1S/C13H11BrN4S/c1-15-13-17-11(10-6-7-19-12(10)18-13)16-9-4-2-8(14)3-5-9/h2-7H,1H3,(H2,15,16,17,18). The molecule has 6 heteroatoms. The van der Waals surface area contributed by atoms with Gasteiger partial charge in [0.15, 0.2) is 0 Å². The van der Waals surface area contributed by atoms with Crippen molar-refractivity contribution in [1.29, 1.82) is 0 Å². The van der Waals surface area contributed by atoms with Crippen LogP contribution in [-0.2, 0) is 0 Å². The van der Waals surface area contributed by atoms with Crippen LogP contribution in [0, 0.1) is 0 Å². The summed E-state index contributed by atoms with van der Waals surface area (Å²) in [6, 6.07) is 10.0. The fraction of sp³-hybridized carbons (Fsp3) is 0.0769. The number of hydrogen-bond acceptors (Lipinski definition) is 5. The number of aromatic nitrogens is 2. The van der Waals surface area contributed by atoms with Crippen molar-refractivity contribution in [2.24, 2.45) is 0 Å². The lowest BCUT2D eigenvalue weighted by Crippen LogP contribution is -2.00. The van der Waals surface area contributed by atoms with Crippen LogP contribution in [0.2, 0.25) is 0 Å². The highest BCUT2D eigenvalue weighted by Crippen LogP contribution is 2.28. The summed E-state index contributed by atoms with van der Waals surface area (Å²) in [5, 5.41) is 9.36. The lowest BCUT2D eigenvalue weighted by atomic mass is 10.3. The van der Waals surface area contributed by atoms with Crippen molar-refractivity contribution >= 4 is 54.9 Å². The number of fused-ring (bicyclic) bond motifs is 1. The van der Waals surface area contributed by atoms with Gasteiger partial charge in [0.1, 0.15) is 10.6 Å². The molecular formula is C13H11BrN4S. The van der Waals surface area contributed by atoms with Gasteiger partial charge in [-0.1, -0.05) is 15.9 Å². The number of rotatable bonds is 3. The van der Waals surface area contributed by atoms with Crippen LogP contribution in [0.1, 0.15) is 0 Å². The van der Waals surface area contributed by atoms with Crippen molar-refractivity contribution in [3.05, 3.63) is 40.2 Å². The maximum atomic E-state index is 4.47. The van der Waals surface area contributed by atoms with E-state index in [0.29, 0.717) is 5.95 Å². The van der Waals surface area contributed by atoms with Gasteiger partial charge in [0.2, 0.25) is 5.95 Å². The number of benzene rings is 1. The predicted octanol–water partition coefficient (Wildman–Crippen LogP) is 4.24. The van der Waals surface area contributed by atoms with E-state index in [2.05, 4.69) is 36.5 Å². The summed E-state index contributed by atoms with van der Waals surface area (Å²) < 4.78 is 1.05. The highest BCUT2D eigenvalue weighted by Gasteiger charge is 2.08. The molecule has 0 spiro atoms. The number of hydrogen-bond donors (Lipinski definition) is 2. The van der Waals surface area contributed by atoms with E-state index >= 15 is 0 Å². The minimum absolute atomic E-state index is 0.620. The van der Waals surface area contributed by atoms with Gasteiger partial charge in [-0.05, 0) is 35.7 Å². The zero-order chi connectivity index (χ0) is 13.2. The van der Waals surface area contributed by atoms with Gasteiger partial charge in [0, 0.05) is 17.2 Å². The Bertz CT molecular complexity index is 708. The third-order valence-electron chi connectivity index (χ3n) is 2.66. The Hall–Kier alpha value is -1.66. The smallest absolute Gasteiger partial charge is 0.225 e. The second kappa shape index (κ2) is 5.14. The Morgan fingerprint density at radius 2 is 1.89 bits per heavy atom. The molecule has 0 atom stereocenters. The topological polar surface area (TPSA) is 49.8 Å². The average molecular weight is 335 g/mol. The Labute approximate surface area is 123 Å². The second-order valence-electron chi connectivity index (χ2n) is 3.92. The van der Waals surface area contributed by atoms with Gasteiger partial charge in [0.05, 0.1) is 5.39 Å². The quantitative estimate of drug-likeness (QED) is 0.752. The molecule has 0 amide bonds. The van der Waals surface area contributed by atoms with Crippen molar-refractivity contribution < 1.29 is 0 Å². The van der Waals surface area contributed by atoms with Gasteiger partial charge >= 0.3 is 0 Å². The van der Waals surface area contributed by atoms with Crippen LogP contribution in [0.3, 0.4) is 0 Å². The van der Waals surface area contributed by atoms with Crippen molar-refractivity contribution in [2.75, 3.05) is 17.7 Å². The molecule has 0 aliphatic heterocycles. The molecule has 4 nitrogen and oxygen atoms in total. The molecule has 0 aliphatic carbocycles. The molecule has 0 bridgehead atoms. The zero-order valence-corrected chi connectivity index (χ0v) is 12.5. The predicted molar refractivity (Wildman–Crippen MR) is 84.4 cm³/mol. The maximum Gasteiger partial charge on any atom is 0.225 e. The number of halogens is 1. The largest absolute Gasteiger partial charge is 0.357 e. The molecule has 0 fully saturated rings. The van der Waals surface area contributed by atoms with E-state index in [9.17, 15) is 0 Å². The maximum absolute atomic E-state index is 4.47. The minimum atomic E-state index is 0.620. The first-order valence-electron chi connectivity index (χ1n) is 5.72. The van der Waals surface area contributed by atoms with Crippen LogP contribution in [-0.4, -0.2) is 17.0 Å². The van der Waals surface area contributed by atoms with E-state index in [4.69, 9.17) is 0 Å². The summed E-state index contributed by atoms with van der Waals surface area (Å²) in [5.41, 5.74) is 0.997. The molecule has 1 aromatic carbocycles. The van der Waals surface area contributed by atoms with E-state index in [-0.39, 0.29) is 0 Å². The van der Waals surface area contributed by atoms with Crippen LogP contribution in [0.5, 0.6) is 0 Å². The van der Waals surface area contributed by atoms with Crippen LogP contribution in [0.25, 0.3) is 10.2 Å². The SMILES string of the molecule is CNc1nc(Nc2ccc(Br)cc2)c2ccsc2n1. The Morgan fingerprint density at radius 3 is 2.63 bits per heavy atom. The summed E-state index contributed by atoms with van der Waals surface area (Å²) in [4.78, 5) is 9.86. The van der Waals surface area contributed by atoms with Gasteiger partial charge in [-0.3, -0.25) is 0 Å². The van der Waals surface area contributed by atoms with Crippen LogP contribution >= 0.6 is 27.3 Å². The highest BCUT2D eigenvalue weighted by molar-refractivity contribution is 9.10. The molecule has 2 aromatic heterocycles. The first-order chi connectivity index (χ1) is 9.26. The van der Waals surface area contributed by atoms with E-state index in [1.54, 1.807) is 11.3 Å². The van der Waals surface area contributed by atoms with E-state index in [1.165, 1.54) is 0 Å². The monoisotopic (exact) mass is 334 g/mol. The average Bonchev–Trinajstić information content (AvgIpc) is 2.89. The van der Waals surface area contributed by atoms with Crippen LogP contribution in [0.15, 0.2) is 40.2 Å². The van der Waals surface area contributed by atoms with Crippen molar-refractivity contribution in [3.8, 4) is 0 Å². The summed E-state index contributed by atoms with van der Waals surface area (Å²) in [6.07, 6.45) is 0. The molecule has 19 heavy (non-hydrogen) atoms. The Kier molecular flexibility index (Phi) is 3.35. The van der Waals surface area contributed by atoms with Crippen molar-refractivity contribution in [3.63, 3.8) is 0 Å². The van der Waals surface area contributed by atoms with Crippen molar-refractivity contribution in [1.82, 2.24) is 9.97 Å².